The Morgan fingerprint density at radius 2 is 1.87 bits per heavy atom. The van der Waals surface area contributed by atoms with Crippen LogP contribution >= 0.6 is 0 Å². The van der Waals surface area contributed by atoms with Gasteiger partial charge in [-0.2, -0.15) is 0 Å². The maximum Gasteiger partial charge on any atom is 0.206 e. The molecule has 31 heavy (non-hydrogen) atoms. The number of ether oxygens (including phenoxy) is 1. The SMILES string of the molecule is CC1(C)C(=O)C=CC2(C)C1=C(O)C(=O)C1(C)[C@@H]2CC[C@@]2(C)[C@H](c3ccoc3)CC3OC312. The maximum atomic E-state index is 14.0. The van der Waals surface area contributed by atoms with Gasteiger partial charge < -0.3 is 14.3 Å². The van der Waals surface area contributed by atoms with Gasteiger partial charge in [0.1, 0.15) is 5.60 Å². The predicted octanol–water partition coefficient (Wildman–Crippen LogP) is 4.89. The molecule has 7 atom stereocenters. The van der Waals surface area contributed by atoms with Gasteiger partial charge in [-0.25, -0.2) is 0 Å². The zero-order chi connectivity index (χ0) is 22.2. The largest absolute Gasteiger partial charge is 0.504 e. The molecule has 1 aromatic rings. The highest BCUT2D eigenvalue weighted by molar-refractivity contribution is 6.06. The van der Waals surface area contributed by atoms with Crippen molar-refractivity contribution in [2.45, 2.75) is 71.5 Å². The van der Waals surface area contributed by atoms with Crippen molar-refractivity contribution >= 4 is 11.6 Å². The number of carbonyl (C=O) groups excluding carboxylic acids is 2. The van der Waals surface area contributed by atoms with Gasteiger partial charge in [-0.15, -0.1) is 0 Å². The summed E-state index contributed by atoms with van der Waals surface area (Å²) in [7, 11) is 0. The number of aliphatic hydroxyl groups excluding tert-OH is 1. The van der Waals surface area contributed by atoms with Crippen molar-refractivity contribution in [1.29, 1.82) is 0 Å². The number of furan rings is 1. The van der Waals surface area contributed by atoms with Crippen LogP contribution < -0.4 is 0 Å². The first-order valence-corrected chi connectivity index (χ1v) is 11.4. The molecule has 3 fully saturated rings. The summed E-state index contributed by atoms with van der Waals surface area (Å²) in [6, 6.07) is 2.03. The van der Waals surface area contributed by atoms with Gasteiger partial charge in [-0.05, 0) is 75.1 Å². The average Bonchev–Trinajstić information content (AvgIpc) is 3.07. The molecule has 0 bridgehead atoms. The number of epoxide rings is 1. The third kappa shape index (κ3) is 1.80. The number of rotatable bonds is 1. The number of aliphatic hydroxyl groups is 1. The fourth-order valence-electron chi connectivity index (χ4n) is 8.78. The van der Waals surface area contributed by atoms with E-state index in [4.69, 9.17) is 9.15 Å². The van der Waals surface area contributed by atoms with Crippen LogP contribution in [0.15, 0.2) is 46.5 Å². The zero-order valence-corrected chi connectivity index (χ0v) is 18.8. The molecule has 5 heteroatoms. The molecular formula is C26H30O5. The van der Waals surface area contributed by atoms with Crippen LogP contribution in [-0.4, -0.2) is 28.4 Å². The fourth-order valence-corrected chi connectivity index (χ4v) is 8.78. The van der Waals surface area contributed by atoms with E-state index in [0.717, 1.165) is 19.3 Å². The summed E-state index contributed by atoms with van der Waals surface area (Å²) < 4.78 is 11.9. The molecule has 1 N–H and O–H groups in total. The number of hydrogen-bond donors (Lipinski definition) is 1. The normalized spacial score (nSPS) is 49.4. The smallest absolute Gasteiger partial charge is 0.206 e. The van der Waals surface area contributed by atoms with Gasteiger partial charge in [0.25, 0.3) is 0 Å². The molecule has 4 aliphatic carbocycles. The topological polar surface area (TPSA) is 80.0 Å². The first-order valence-electron chi connectivity index (χ1n) is 11.4. The van der Waals surface area contributed by atoms with E-state index in [1.165, 1.54) is 5.56 Å². The second kappa shape index (κ2) is 5.25. The van der Waals surface area contributed by atoms with Crippen LogP contribution in [-0.2, 0) is 14.3 Å². The molecule has 2 heterocycles. The highest BCUT2D eigenvalue weighted by Gasteiger charge is 2.87. The molecule has 5 nitrogen and oxygen atoms in total. The third-order valence-corrected chi connectivity index (χ3v) is 10.2. The van der Waals surface area contributed by atoms with Crippen LogP contribution in [0.3, 0.4) is 0 Å². The summed E-state index contributed by atoms with van der Waals surface area (Å²) in [4.78, 5) is 26.7. The molecular weight excluding hydrogens is 392 g/mol. The van der Waals surface area contributed by atoms with Crippen molar-refractivity contribution < 1.29 is 23.8 Å². The van der Waals surface area contributed by atoms with E-state index in [1.807, 2.05) is 39.2 Å². The van der Waals surface area contributed by atoms with Gasteiger partial charge in [-0.3, -0.25) is 9.59 Å². The zero-order valence-electron chi connectivity index (χ0n) is 18.8. The molecule has 6 rings (SSSR count). The van der Waals surface area contributed by atoms with Crippen molar-refractivity contribution in [3.63, 3.8) is 0 Å². The van der Waals surface area contributed by atoms with E-state index in [-0.39, 0.29) is 40.7 Å². The standard InChI is InChI=1S/C26H30O5/c1-22(2)17(27)7-9-23(3)16-6-10-24(4)15(14-8-11-30-13-14)12-18-26(24,31-18)25(16,5)21(29)19(28)20(22)23/h7-9,11,13,15-16,18,28H,6,10,12H2,1-5H3/t15-,16+,18?,23?,24-,25?,26?/m0/s1. The van der Waals surface area contributed by atoms with Crippen molar-refractivity contribution in [2.75, 3.05) is 0 Å². The summed E-state index contributed by atoms with van der Waals surface area (Å²) >= 11 is 0. The van der Waals surface area contributed by atoms with Crippen LogP contribution in [0.1, 0.15) is 65.4 Å². The van der Waals surface area contributed by atoms with Crippen LogP contribution in [0.4, 0.5) is 0 Å². The van der Waals surface area contributed by atoms with Gasteiger partial charge in [0.2, 0.25) is 5.78 Å². The van der Waals surface area contributed by atoms with E-state index in [9.17, 15) is 14.7 Å². The van der Waals surface area contributed by atoms with E-state index < -0.39 is 21.8 Å². The van der Waals surface area contributed by atoms with Crippen molar-refractivity contribution in [3.05, 3.63) is 47.6 Å². The molecule has 1 aliphatic heterocycles. The summed E-state index contributed by atoms with van der Waals surface area (Å²) in [6.45, 7) is 10.0. The Hall–Kier alpha value is -2.14. The van der Waals surface area contributed by atoms with Crippen molar-refractivity contribution in [2.24, 2.45) is 27.6 Å². The Bertz CT molecular complexity index is 1090. The lowest BCUT2D eigenvalue weighted by Gasteiger charge is -2.62. The molecule has 0 radical (unpaired) electrons. The number of hydrogen-bond acceptors (Lipinski definition) is 5. The van der Waals surface area contributed by atoms with E-state index in [0.29, 0.717) is 5.57 Å². The predicted molar refractivity (Wildman–Crippen MR) is 113 cm³/mol. The number of Topliss-reactive ketones (excluding diaryl/α,β-unsaturated/α-hetero) is 1. The Morgan fingerprint density at radius 1 is 1.13 bits per heavy atom. The molecule has 4 unspecified atom stereocenters. The molecule has 164 valence electrons. The Kier molecular flexibility index (Phi) is 3.31. The Balaban J connectivity index is 1.57. The quantitative estimate of drug-likeness (QED) is 0.652. The lowest BCUT2D eigenvalue weighted by atomic mass is 9.39. The second-order valence-electron chi connectivity index (χ2n) is 11.6. The number of ketones is 2. The number of fused-ring (bicyclic) bond motifs is 3. The molecule has 0 amide bonds. The number of carbonyl (C=O) groups is 2. The summed E-state index contributed by atoms with van der Waals surface area (Å²) in [5.41, 5.74) is -1.40. The second-order valence-corrected chi connectivity index (χ2v) is 11.6. The van der Waals surface area contributed by atoms with Gasteiger partial charge in [-0.1, -0.05) is 19.9 Å². The molecule has 0 aromatic carbocycles. The van der Waals surface area contributed by atoms with Crippen molar-refractivity contribution in [1.82, 2.24) is 0 Å². The maximum absolute atomic E-state index is 14.0. The fraction of sp³-hybridized carbons (Fsp3) is 0.615. The Morgan fingerprint density at radius 3 is 2.55 bits per heavy atom. The Labute approximate surface area is 182 Å². The first kappa shape index (κ1) is 19.5. The van der Waals surface area contributed by atoms with Gasteiger partial charge in [0.15, 0.2) is 11.5 Å². The minimum atomic E-state index is -0.901. The van der Waals surface area contributed by atoms with Gasteiger partial charge in [0, 0.05) is 10.8 Å². The van der Waals surface area contributed by atoms with E-state index in [1.54, 1.807) is 12.3 Å². The first-order chi connectivity index (χ1) is 14.5. The van der Waals surface area contributed by atoms with Gasteiger partial charge in [0.05, 0.1) is 29.5 Å². The van der Waals surface area contributed by atoms with Crippen molar-refractivity contribution in [3.8, 4) is 0 Å². The average molecular weight is 423 g/mol. The number of allylic oxidation sites excluding steroid dienone is 4. The van der Waals surface area contributed by atoms with E-state index in [2.05, 4.69) is 13.8 Å². The summed E-state index contributed by atoms with van der Waals surface area (Å²) in [5.74, 6) is -0.312. The van der Waals surface area contributed by atoms with E-state index >= 15 is 0 Å². The van der Waals surface area contributed by atoms with Gasteiger partial charge >= 0.3 is 0 Å². The van der Waals surface area contributed by atoms with Crippen LogP contribution in [0, 0.1) is 27.6 Å². The minimum absolute atomic E-state index is 0.00527. The highest BCUT2D eigenvalue weighted by atomic mass is 16.6. The summed E-state index contributed by atoms with van der Waals surface area (Å²) in [6.07, 6.45) is 9.76. The lowest BCUT2D eigenvalue weighted by Crippen LogP contribution is -2.66. The molecule has 5 aliphatic rings. The minimum Gasteiger partial charge on any atom is -0.504 e. The molecule has 2 saturated carbocycles. The van der Waals surface area contributed by atoms with Crippen LogP contribution in [0.2, 0.25) is 0 Å². The van der Waals surface area contributed by atoms with Crippen LogP contribution in [0.25, 0.3) is 0 Å². The molecule has 1 spiro atoms. The lowest BCUT2D eigenvalue weighted by molar-refractivity contribution is -0.162. The summed E-state index contributed by atoms with van der Waals surface area (Å²) in [5, 5.41) is 11.4. The monoisotopic (exact) mass is 422 g/mol. The molecule has 1 aromatic heterocycles. The van der Waals surface area contributed by atoms with Crippen LogP contribution in [0.5, 0.6) is 0 Å². The molecule has 1 saturated heterocycles. The highest BCUT2D eigenvalue weighted by Crippen LogP contribution is 2.81. The third-order valence-electron chi connectivity index (χ3n) is 10.2.